The second-order valence-electron chi connectivity index (χ2n) is 3.62. The van der Waals surface area contributed by atoms with Crippen LogP contribution in [0.25, 0.3) is 6.08 Å². The van der Waals surface area contributed by atoms with Gasteiger partial charge in [0.25, 0.3) is 0 Å². The molecule has 1 heterocycles. The van der Waals surface area contributed by atoms with Gasteiger partial charge >= 0.3 is 0 Å². The zero-order chi connectivity index (χ0) is 9.80. The van der Waals surface area contributed by atoms with Crippen molar-refractivity contribution in [3.8, 4) is 0 Å². The maximum absolute atomic E-state index is 11.0. The number of ketones is 1. The molecule has 0 unspecified atom stereocenters. The molecule has 0 atom stereocenters. The summed E-state index contributed by atoms with van der Waals surface area (Å²) in [5.74, 6) is 0.400. The molecule has 1 aliphatic rings. The molecule has 0 spiro atoms. The minimum atomic E-state index is 0.400. The summed E-state index contributed by atoms with van der Waals surface area (Å²) in [7, 11) is 0. The van der Waals surface area contributed by atoms with Gasteiger partial charge in [0.1, 0.15) is 5.78 Å². The second kappa shape index (κ2) is 4.18. The molecular formula is C12H13NO. The smallest absolute Gasteiger partial charge is 0.133 e. The van der Waals surface area contributed by atoms with Crippen LogP contribution >= 0.6 is 0 Å². The quantitative estimate of drug-likeness (QED) is 0.676. The van der Waals surface area contributed by atoms with E-state index in [4.69, 9.17) is 0 Å². The van der Waals surface area contributed by atoms with Gasteiger partial charge in [0, 0.05) is 25.2 Å². The number of aromatic nitrogens is 1. The highest BCUT2D eigenvalue weighted by atomic mass is 16.1. The summed E-state index contributed by atoms with van der Waals surface area (Å²) in [5.41, 5.74) is 2.57. The maximum Gasteiger partial charge on any atom is 0.133 e. The highest BCUT2D eigenvalue weighted by Crippen LogP contribution is 2.22. The fourth-order valence-corrected chi connectivity index (χ4v) is 1.69. The summed E-state index contributed by atoms with van der Waals surface area (Å²) in [6.07, 6.45) is 9.06. The van der Waals surface area contributed by atoms with Crippen LogP contribution in [0, 0.1) is 0 Å². The van der Waals surface area contributed by atoms with E-state index >= 15 is 0 Å². The number of allylic oxidation sites excluding steroid dienone is 1. The highest BCUT2D eigenvalue weighted by molar-refractivity contribution is 5.80. The average molecular weight is 187 g/mol. The van der Waals surface area contributed by atoms with E-state index in [2.05, 4.69) is 11.1 Å². The fourth-order valence-electron chi connectivity index (χ4n) is 1.69. The Bertz CT molecular complexity index is 342. The van der Waals surface area contributed by atoms with Gasteiger partial charge < -0.3 is 0 Å². The predicted octanol–water partition coefficient (Wildman–Crippen LogP) is 2.61. The fraction of sp³-hybridized carbons (Fsp3) is 0.333. The predicted molar refractivity (Wildman–Crippen MR) is 55.7 cm³/mol. The molecular weight excluding hydrogens is 174 g/mol. The molecule has 0 N–H and O–H groups in total. The van der Waals surface area contributed by atoms with Gasteiger partial charge in [-0.1, -0.05) is 11.6 Å². The monoisotopic (exact) mass is 187 g/mol. The molecule has 2 nitrogen and oxygen atoms in total. The van der Waals surface area contributed by atoms with Crippen molar-refractivity contribution in [1.82, 2.24) is 4.98 Å². The van der Waals surface area contributed by atoms with Gasteiger partial charge in [-0.3, -0.25) is 9.78 Å². The van der Waals surface area contributed by atoms with Gasteiger partial charge in [-0.25, -0.2) is 0 Å². The van der Waals surface area contributed by atoms with Crippen LogP contribution in [0.2, 0.25) is 0 Å². The third-order valence-corrected chi connectivity index (χ3v) is 2.53. The van der Waals surface area contributed by atoms with E-state index in [0.29, 0.717) is 5.78 Å². The Morgan fingerprint density at radius 2 is 1.71 bits per heavy atom. The van der Waals surface area contributed by atoms with Crippen LogP contribution in [0.5, 0.6) is 0 Å². The normalized spacial score (nSPS) is 16.9. The Morgan fingerprint density at radius 1 is 1.07 bits per heavy atom. The van der Waals surface area contributed by atoms with Crippen molar-refractivity contribution >= 4 is 11.9 Å². The number of Topliss-reactive ketones (excluding diaryl/α,β-unsaturated/α-hetero) is 1. The van der Waals surface area contributed by atoms with Crippen LogP contribution in [-0.2, 0) is 4.79 Å². The van der Waals surface area contributed by atoms with Crippen LogP contribution in [-0.4, -0.2) is 10.8 Å². The third-order valence-electron chi connectivity index (χ3n) is 2.53. The van der Waals surface area contributed by atoms with Crippen molar-refractivity contribution in [3.63, 3.8) is 0 Å². The number of rotatable bonds is 1. The number of carbonyl (C=O) groups excluding carboxylic acids is 1. The van der Waals surface area contributed by atoms with Gasteiger partial charge in [-0.05, 0) is 30.5 Å². The number of hydrogen-bond donors (Lipinski definition) is 0. The molecule has 1 aromatic heterocycles. The summed E-state index contributed by atoms with van der Waals surface area (Å²) >= 11 is 0. The minimum absolute atomic E-state index is 0.400. The standard InChI is InChI=1S/C12H13NO/c14-12-3-1-10(2-4-12)9-11-5-7-13-8-6-11/h5-9H,1-4H2. The SMILES string of the molecule is O=C1CCC(=Cc2ccncc2)CC1. The topological polar surface area (TPSA) is 30.0 Å². The largest absolute Gasteiger partial charge is 0.300 e. The average Bonchev–Trinajstić information content (AvgIpc) is 2.23. The van der Waals surface area contributed by atoms with E-state index < -0.39 is 0 Å². The first-order valence-corrected chi connectivity index (χ1v) is 4.96. The van der Waals surface area contributed by atoms with Crippen LogP contribution in [0.15, 0.2) is 30.1 Å². The van der Waals surface area contributed by atoms with E-state index in [1.807, 2.05) is 12.1 Å². The lowest BCUT2D eigenvalue weighted by Crippen LogP contribution is -2.05. The Hall–Kier alpha value is -1.44. The van der Waals surface area contributed by atoms with E-state index in [1.165, 1.54) is 11.1 Å². The van der Waals surface area contributed by atoms with Gasteiger partial charge in [-0.2, -0.15) is 0 Å². The van der Waals surface area contributed by atoms with Gasteiger partial charge in [0.05, 0.1) is 0 Å². The van der Waals surface area contributed by atoms with Crippen molar-refractivity contribution in [2.24, 2.45) is 0 Å². The maximum atomic E-state index is 11.0. The summed E-state index contributed by atoms with van der Waals surface area (Å²) < 4.78 is 0. The Morgan fingerprint density at radius 3 is 2.36 bits per heavy atom. The number of hydrogen-bond acceptors (Lipinski definition) is 2. The van der Waals surface area contributed by atoms with E-state index in [0.717, 1.165) is 25.7 Å². The molecule has 0 bridgehead atoms. The molecule has 1 saturated carbocycles. The van der Waals surface area contributed by atoms with Gasteiger partial charge in [-0.15, -0.1) is 0 Å². The molecule has 2 rings (SSSR count). The zero-order valence-electron chi connectivity index (χ0n) is 8.07. The lowest BCUT2D eigenvalue weighted by molar-refractivity contribution is -0.119. The molecule has 72 valence electrons. The lowest BCUT2D eigenvalue weighted by atomic mass is 9.92. The summed E-state index contributed by atoms with van der Waals surface area (Å²) in [4.78, 5) is 15.0. The molecule has 0 aromatic carbocycles. The summed E-state index contributed by atoms with van der Waals surface area (Å²) in [6, 6.07) is 3.98. The van der Waals surface area contributed by atoms with Crippen molar-refractivity contribution in [3.05, 3.63) is 35.7 Å². The molecule has 0 aliphatic heterocycles. The van der Waals surface area contributed by atoms with Crippen molar-refractivity contribution < 1.29 is 4.79 Å². The highest BCUT2D eigenvalue weighted by Gasteiger charge is 2.11. The zero-order valence-corrected chi connectivity index (χ0v) is 8.07. The molecule has 0 amide bonds. The summed E-state index contributed by atoms with van der Waals surface area (Å²) in [6.45, 7) is 0. The first-order valence-electron chi connectivity index (χ1n) is 4.96. The van der Waals surface area contributed by atoms with Crippen LogP contribution in [0.4, 0.5) is 0 Å². The third kappa shape index (κ3) is 2.28. The van der Waals surface area contributed by atoms with Crippen molar-refractivity contribution in [2.45, 2.75) is 25.7 Å². The van der Waals surface area contributed by atoms with Crippen LogP contribution in [0.3, 0.4) is 0 Å². The van der Waals surface area contributed by atoms with Crippen LogP contribution in [0.1, 0.15) is 31.2 Å². The molecule has 2 heteroatoms. The van der Waals surface area contributed by atoms with Gasteiger partial charge in [0.15, 0.2) is 0 Å². The van der Waals surface area contributed by atoms with Crippen molar-refractivity contribution in [2.75, 3.05) is 0 Å². The molecule has 1 aromatic rings. The molecule has 1 fully saturated rings. The first kappa shape index (κ1) is 9.13. The Kier molecular flexibility index (Phi) is 2.73. The number of pyridine rings is 1. The molecule has 1 aliphatic carbocycles. The molecule has 0 radical (unpaired) electrons. The van der Waals surface area contributed by atoms with E-state index in [9.17, 15) is 4.79 Å². The minimum Gasteiger partial charge on any atom is -0.300 e. The Labute approximate surface area is 83.7 Å². The first-order chi connectivity index (χ1) is 6.84. The van der Waals surface area contributed by atoms with Crippen LogP contribution < -0.4 is 0 Å². The molecule has 14 heavy (non-hydrogen) atoms. The van der Waals surface area contributed by atoms with E-state index in [-0.39, 0.29) is 0 Å². The van der Waals surface area contributed by atoms with Gasteiger partial charge in [0.2, 0.25) is 0 Å². The Balaban J connectivity index is 2.08. The second-order valence-corrected chi connectivity index (χ2v) is 3.62. The number of nitrogens with zero attached hydrogens (tertiary/aromatic N) is 1. The summed E-state index contributed by atoms with van der Waals surface area (Å²) in [5, 5.41) is 0. The van der Waals surface area contributed by atoms with Crippen molar-refractivity contribution in [1.29, 1.82) is 0 Å². The molecule has 0 saturated heterocycles. The number of carbonyl (C=O) groups is 1. The lowest BCUT2D eigenvalue weighted by Gasteiger charge is -2.12. The van der Waals surface area contributed by atoms with E-state index in [1.54, 1.807) is 12.4 Å².